The topological polar surface area (TPSA) is 93.2 Å². The van der Waals surface area contributed by atoms with Gasteiger partial charge in [0, 0.05) is 23.1 Å². The van der Waals surface area contributed by atoms with Gasteiger partial charge in [0.2, 0.25) is 0 Å². The Kier molecular flexibility index (Phi) is 5.41. The molecular weight excluding hydrogens is 344 g/mol. The summed E-state index contributed by atoms with van der Waals surface area (Å²) in [5.41, 5.74) is 1.99. The Morgan fingerprint density at radius 3 is 2.04 bits per heavy atom. The maximum absolute atomic E-state index is 12.3. The zero-order valence-corrected chi connectivity index (χ0v) is 14.9. The van der Waals surface area contributed by atoms with Gasteiger partial charge in [-0.25, -0.2) is 9.97 Å². The maximum atomic E-state index is 12.3. The zero-order chi connectivity index (χ0) is 19.2. The molecule has 2 aromatic carbocycles. The van der Waals surface area contributed by atoms with Crippen LogP contribution in [-0.2, 0) is 0 Å². The minimum Gasteiger partial charge on any atom is -0.497 e. The van der Waals surface area contributed by atoms with Crippen molar-refractivity contribution in [2.24, 2.45) is 0 Å². The van der Waals surface area contributed by atoms with E-state index in [1.165, 1.54) is 6.20 Å². The number of aromatic nitrogens is 2. The van der Waals surface area contributed by atoms with Crippen LogP contribution in [0.5, 0.6) is 5.75 Å². The average Bonchev–Trinajstić information content (AvgIpc) is 2.69. The molecule has 0 aliphatic carbocycles. The molecule has 0 aliphatic rings. The molecule has 0 spiro atoms. The molecule has 1 heterocycles. The molecule has 0 radical (unpaired) electrons. The minimum absolute atomic E-state index is 0.246. The van der Waals surface area contributed by atoms with E-state index in [-0.39, 0.29) is 17.5 Å². The highest BCUT2D eigenvalue weighted by atomic mass is 16.5. The van der Waals surface area contributed by atoms with E-state index in [1.807, 2.05) is 0 Å². The molecule has 7 nitrogen and oxygen atoms in total. The summed E-state index contributed by atoms with van der Waals surface area (Å²) >= 11 is 0. The lowest BCUT2D eigenvalue weighted by Crippen LogP contribution is -2.15. The number of carbonyl (C=O) groups excluding carboxylic acids is 2. The first-order valence-corrected chi connectivity index (χ1v) is 8.21. The Bertz CT molecular complexity index is 954. The predicted molar refractivity (Wildman–Crippen MR) is 102 cm³/mol. The van der Waals surface area contributed by atoms with E-state index >= 15 is 0 Å². The molecule has 1 aromatic heterocycles. The number of hydrogen-bond donors (Lipinski definition) is 2. The first-order chi connectivity index (χ1) is 13.0. The summed E-state index contributed by atoms with van der Waals surface area (Å²) in [6.45, 7) is 1.72. The van der Waals surface area contributed by atoms with Gasteiger partial charge in [-0.3, -0.25) is 9.59 Å². The average molecular weight is 362 g/mol. The van der Waals surface area contributed by atoms with Crippen LogP contribution in [0.4, 0.5) is 11.4 Å². The highest BCUT2D eigenvalue weighted by Gasteiger charge is 2.10. The molecule has 0 bridgehead atoms. The van der Waals surface area contributed by atoms with Crippen LogP contribution in [0, 0.1) is 6.92 Å². The Hall–Kier alpha value is -3.74. The van der Waals surface area contributed by atoms with Gasteiger partial charge in [0.15, 0.2) is 0 Å². The lowest BCUT2D eigenvalue weighted by atomic mass is 10.2. The van der Waals surface area contributed by atoms with E-state index in [0.29, 0.717) is 28.5 Å². The summed E-state index contributed by atoms with van der Waals surface area (Å²) in [5.74, 6) is 0.653. The van der Waals surface area contributed by atoms with E-state index < -0.39 is 0 Å². The van der Waals surface area contributed by atoms with E-state index in [1.54, 1.807) is 68.6 Å². The van der Waals surface area contributed by atoms with Crippen molar-refractivity contribution in [2.75, 3.05) is 17.7 Å². The number of aryl methyl sites for hydroxylation is 1. The number of anilines is 2. The van der Waals surface area contributed by atoms with Crippen LogP contribution < -0.4 is 15.4 Å². The van der Waals surface area contributed by atoms with Crippen molar-refractivity contribution in [1.29, 1.82) is 0 Å². The van der Waals surface area contributed by atoms with Crippen molar-refractivity contribution in [1.82, 2.24) is 9.97 Å². The molecule has 0 aliphatic heterocycles. The second-order valence-electron chi connectivity index (χ2n) is 5.70. The smallest absolute Gasteiger partial charge is 0.274 e. The third-order valence-electron chi connectivity index (χ3n) is 3.76. The minimum atomic E-state index is -0.337. The fraction of sp³-hybridized carbons (Fsp3) is 0.100. The molecule has 0 unspecified atom stereocenters. The number of hydrogen-bond acceptors (Lipinski definition) is 5. The van der Waals surface area contributed by atoms with Gasteiger partial charge in [-0.2, -0.15) is 0 Å². The fourth-order valence-electron chi connectivity index (χ4n) is 2.36. The Labute approximate surface area is 156 Å². The number of ether oxygens (including phenoxy) is 1. The Morgan fingerprint density at radius 2 is 1.44 bits per heavy atom. The van der Waals surface area contributed by atoms with Crippen molar-refractivity contribution in [3.8, 4) is 5.75 Å². The Morgan fingerprint density at radius 1 is 0.852 bits per heavy atom. The quantitative estimate of drug-likeness (QED) is 0.726. The van der Waals surface area contributed by atoms with Gasteiger partial charge in [0.25, 0.3) is 11.8 Å². The first kappa shape index (κ1) is 18.1. The summed E-state index contributed by atoms with van der Waals surface area (Å²) in [4.78, 5) is 32.5. The van der Waals surface area contributed by atoms with Gasteiger partial charge in [-0.05, 0) is 61.5 Å². The molecule has 3 rings (SSSR count). The van der Waals surface area contributed by atoms with Crippen LogP contribution in [0.15, 0.2) is 60.8 Å². The Balaban J connectivity index is 1.63. The molecule has 27 heavy (non-hydrogen) atoms. The highest BCUT2D eigenvalue weighted by Crippen LogP contribution is 2.17. The molecule has 2 amide bonds. The number of rotatable bonds is 5. The van der Waals surface area contributed by atoms with E-state index in [0.717, 1.165) is 0 Å². The SMILES string of the molecule is COc1ccc(NC(=O)c2ccc(NC(=O)c3ccnc(C)n3)cc2)cc1. The largest absolute Gasteiger partial charge is 0.497 e. The molecule has 0 saturated carbocycles. The third-order valence-corrected chi connectivity index (χ3v) is 3.76. The molecule has 3 aromatic rings. The van der Waals surface area contributed by atoms with Crippen LogP contribution >= 0.6 is 0 Å². The number of benzene rings is 2. The normalized spacial score (nSPS) is 10.1. The van der Waals surface area contributed by atoms with Crippen molar-refractivity contribution in [2.45, 2.75) is 6.92 Å². The van der Waals surface area contributed by atoms with Crippen LogP contribution in [0.3, 0.4) is 0 Å². The van der Waals surface area contributed by atoms with Gasteiger partial charge in [-0.1, -0.05) is 0 Å². The van der Waals surface area contributed by atoms with Crippen molar-refractivity contribution in [3.05, 3.63) is 77.9 Å². The van der Waals surface area contributed by atoms with Gasteiger partial charge < -0.3 is 15.4 Å². The monoisotopic (exact) mass is 362 g/mol. The third kappa shape index (κ3) is 4.66. The van der Waals surface area contributed by atoms with Crippen molar-refractivity contribution in [3.63, 3.8) is 0 Å². The number of carbonyl (C=O) groups is 2. The standard InChI is InChI=1S/C20H18N4O3/c1-13-21-12-11-18(22-13)20(26)24-15-5-3-14(4-6-15)19(25)23-16-7-9-17(27-2)10-8-16/h3-12H,1-2H3,(H,23,25)(H,24,26). The highest BCUT2D eigenvalue weighted by molar-refractivity contribution is 6.05. The van der Waals surface area contributed by atoms with Crippen LogP contribution in [0.2, 0.25) is 0 Å². The first-order valence-electron chi connectivity index (χ1n) is 8.21. The maximum Gasteiger partial charge on any atom is 0.274 e. The zero-order valence-electron chi connectivity index (χ0n) is 14.9. The van der Waals surface area contributed by atoms with Crippen LogP contribution in [0.25, 0.3) is 0 Å². The lowest BCUT2D eigenvalue weighted by molar-refractivity contribution is 0.101. The van der Waals surface area contributed by atoms with Crippen LogP contribution in [-0.4, -0.2) is 28.9 Å². The van der Waals surface area contributed by atoms with E-state index in [9.17, 15) is 9.59 Å². The fourth-order valence-corrected chi connectivity index (χ4v) is 2.36. The van der Waals surface area contributed by atoms with Crippen molar-refractivity contribution >= 4 is 23.2 Å². The van der Waals surface area contributed by atoms with E-state index in [4.69, 9.17) is 4.74 Å². The summed E-state index contributed by atoms with van der Waals surface area (Å²) < 4.78 is 5.09. The molecule has 0 atom stereocenters. The van der Waals surface area contributed by atoms with E-state index in [2.05, 4.69) is 20.6 Å². The number of nitrogens with one attached hydrogen (secondary N) is 2. The molecule has 0 saturated heterocycles. The van der Waals surface area contributed by atoms with Crippen molar-refractivity contribution < 1.29 is 14.3 Å². The second-order valence-corrected chi connectivity index (χ2v) is 5.70. The second kappa shape index (κ2) is 8.09. The number of nitrogens with zero attached hydrogens (tertiary/aromatic N) is 2. The van der Waals surface area contributed by atoms with Gasteiger partial charge >= 0.3 is 0 Å². The molecule has 136 valence electrons. The van der Waals surface area contributed by atoms with Gasteiger partial charge in [-0.15, -0.1) is 0 Å². The molecular formula is C20H18N4O3. The molecule has 7 heteroatoms. The van der Waals surface area contributed by atoms with Gasteiger partial charge in [0.1, 0.15) is 17.3 Å². The van der Waals surface area contributed by atoms with Crippen LogP contribution in [0.1, 0.15) is 26.7 Å². The summed E-state index contributed by atoms with van der Waals surface area (Å²) in [5, 5.41) is 5.54. The predicted octanol–water partition coefficient (Wildman–Crippen LogP) is 3.30. The number of methoxy groups -OCH3 is 1. The number of amides is 2. The summed E-state index contributed by atoms with van der Waals surface area (Å²) in [7, 11) is 1.58. The summed E-state index contributed by atoms with van der Waals surface area (Å²) in [6.07, 6.45) is 1.53. The summed E-state index contributed by atoms with van der Waals surface area (Å²) in [6, 6.07) is 15.2. The van der Waals surface area contributed by atoms with Gasteiger partial charge in [0.05, 0.1) is 7.11 Å². The molecule has 0 fully saturated rings. The lowest BCUT2D eigenvalue weighted by Gasteiger charge is -2.08. The molecule has 2 N–H and O–H groups in total.